The second-order valence-electron chi connectivity index (χ2n) is 6.19. The summed E-state index contributed by atoms with van der Waals surface area (Å²) in [4.78, 5) is 13.4. The van der Waals surface area contributed by atoms with E-state index in [9.17, 15) is 35.8 Å². The smallest absolute Gasteiger partial charge is 0.284 e. The van der Waals surface area contributed by atoms with Crippen LogP contribution >= 0.6 is 0 Å². The number of phenolic OH excluding ortho intramolecular Hbond substituents is 1. The molecule has 0 heterocycles. The van der Waals surface area contributed by atoms with Crippen LogP contribution in [-0.4, -0.2) is 42.1 Å². The molecule has 9 nitrogen and oxygen atoms in total. The third-order valence-corrected chi connectivity index (χ3v) is 7.33. The van der Waals surface area contributed by atoms with Gasteiger partial charge in [-0.15, -0.1) is 0 Å². The Morgan fingerprint density at radius 2 is 1.57 bits per heavy atom. The molecular weight excluding hydrogens is 410 g/mol. The maximum Gasteiger partial charge on any atom is 0.284 e. The molecule has 0 saturated carbocycles. The monoisotopic (exact) mass is 425 g/mol. The van der Waals surface area contributed by atoms with Gasteiger partial charge < -0.3 is 10.8 Å². The van der Waals surface area contributed by atoms with Crippen LogP contribution in [0.2, 0.25) is 0 Å². The minimum absolute atomic E-state index is 0.0979. The van der Waals surface area contributed by atoms with Gasteiger partial charge >= 0.3 is 0 Å². The Balaban J connectivity index is 2.58. The summed E-state index contributed by atoms with van der Waals surface area (Å²) in [5.74, 6) is -2.14. The van der Waals surface area contributed by atoms with Crippen LogP contribution in [0.5, 0.6) is 5.75 Å². The number of hydrogen-bond acceptors (Lipinski definition) is 7. The van der Waals surface area contributed by atoms with Crippen LogP contribution in [0.4, 0.5) is 0 Å². The van der Waals surface area contributed by atoms with Crippen LogP contribution in [0.1, 0.15) is 21.5 Å². The van der Waals surface area contributed by atoms with Crippen molar-refractivity contribution in [3.63, 3.8) is 0 Å². The maximum absolute atomic E-state index is 13.4. The van der Waals surface area contributed by atoms with Crippen molar-refractivity contribution in [3.8, 4) is 5.75 Å². The third kappa shape index (κ3) is 2.79. The zero-order valence-corrected chi connectivity index (χ0v) is 15.7. The van der Waals surface area contributed by atoms with Crippen molar-refractivity contribution in [2.45, 2.75) is 10.00 Å². The second-order valence-corrected chi connectivity index (χ2v) is 9.28. The molecule has 2 aromatic carbocycles. The number of benzene rings is 2. The molecule has 2 aromatic rings. The van der Waals surface area contributed by atoms with Crippen LogP contribution in [-0.2, 0) is 25.0 Å². The molecule has 2 unspecified atom stereocenters. The Labute approximate surface area is 160 Å². The van der Waals surface area contributed by atoms with Gasteiger partial charge in [0.2, 0.25) is 4.75 Å². The normalized spacial score (nSPS) is 22.2. The van der Waals surface area contributed by atoms with E-state index in [0.717, 1.165) is 12.1 Å². The first kappa shape index (κ1) is 20.0. The number of carbonyl (C=O) groups excluding carboxylic acids is 1. The summed E-state index contributed by atoms with van der Waals surface area (Å²) in [5, 5.41) is 7.77. The maximum atomic E-state index is 13.4. The summed E-state index contributed by atoms with van der Waals surface area (Å²) in [6.07, 6.45) is 1.01. The predicted octanol–water partition coefficient (Wildman–Crippen LogP) is 0.928. The highest BCUT2D eigenvalue weighted by Gasteiger charge is 2.66. The van der Waals surface area contributed by atoms with Gasteiger partial charge in [0.1, 0.15) is 5.75 Å². The summed E-state index contributed by atoms with van der Waals surface area (Å²) in [6, 6.07) is 10.3. The Kier molecular flexibility index (Phi) is 4.58. The quantitative estimate of drug-likeness (QED) is 0.410. The van der Waals surface area contributed by atoms with Crippen molar-refractivity contribution >= 4 is 32.1 Å². The van der Waals surface area contributed by atoms with E-state index in [-0.39, 0.29) is 11.1 Å². The van der Waals surface area contributed by atoms with Crippen molar-refractivity contribution < 1.29 is 35.8 Å². The molecule has 2 atom stereocenters. The number of rotatable bonds is 4. The minimum Gasteiger partial charge on any atom is -0.508 e. The van der Waals surface area contributed by atoms with Crippen LogP contribution in [0.15, 0.2) is 54.2 Å². The number of phenols is 1. The van der Waals surface area contributed by atoms with Crippen molar-refractivity contribution in [1.29, 1.82) is 0 Å². The lowest BCUT2D eigenvalue weighted by Gasteiger charge is -2.39. The van der Waals surface area contributed by atoms with Crippen LogP contribution in [0.25, 0.3) is 6.08 Å². The molecule has 5 N–H and O–H groups in total. The molecule has 3 rings (SSSR count). The number of fused-ring (bicyclic) bond motifs is 1. The van der Waals surface area contributed by atoms with Crippen molar-refractivity contribution in [1.82, 2.24) is 0 Å². The highest BCUT2D eigenvalue weighted by Crippen LogP contribution is 2.50. The number of carbonyl (C=O) groups is 1. The van der Waals surface area contributed by atoms with Gasteiger partial charge in [0.25, 0.3) is 20.2 Å². The number of aromatic hydroxyl groups is 1. The molecule has 0 bridgehead atoms. The number of Topliss-reactive ketones (excluding diaryl/α,β-unsaturated/α-hetero) is 1. The van der Waals surface area contributed by atoms with Gasteiger partial charge in [-0.05, 0) is 17.7 Å². The van der Waals surface area contributed by atoms with Crippen molar-refractivity contribution in [3.05, 3.63) is 70.9 Å². The van der Waals surface area contributed by atoms with Gasteiger partial charge in [0, 0.05) is 16.8 Å². The predicted molar refractivity (Wildman–Crippen MR) is 99.6 cm³/mol. The SMILES string of the molecule is NC1=Cc2cccc(O)c2C(C(=O)c2ccccc2)(S(=O)(=O)O)C1S(=O)(=O)O. The zero-order chi connectivity index (χ0) is 20.9. The van der Waals surface area contributed by atoms with E-state index in [0.29, 0.717) is 0 Å². The largest absolute Gasteiger partial charge is 0.508 e. The Morgan fingerprint density at radius 1 is 0.964 bits per heavy atom. The average molecular weight is 425 g/mol. The fraction of sp³-hybridized carbons (Fsp3) is 0.118. The number of hydrogen-bond donors (Lipinski definition) is 4. The highest BCUT2D eigenvalue weighted by atomic mass is 32.2. The fourth-order valence-electron chi connectivity index (χ4n) is 3.50. The molecule has 0 aromatic heterocycles. The van der Waals surface area contributed by atoms with Gasteiger partial charge in [-0.2, -0.15) is 16.8 Å². The molecule has 148 valence electrons. The second kappa shape index (κ2) is 6.41. The summed E-state index contributed by atoms with van der Waals surface area (Å²) in [6.45, 7) is 0. The average Bonchev–Trinajstić information content (AvgIpc) is 2.58. The first-order chi connectivity index (χ1) is 12.9. The van der Waals surface area contributed by atoms with E-state index in [4.69, 9.17) is 5.73 Å². The Bertz CT molecular complexity index is 1200. The molecule has 0 amide bonds. The van der Waals surface area contributed by atoms with E-state index >= 15 is 0 Å². The van der Waals surface area contributed by atoms with Crippen LogP contribution < -0.4 is 5.73 Å². The molecule has 28 heavy (non-hydrogen) atoms. The lowest BCUT2D eigenvalue weighted by molar-refractivity contribution is 0.0927. The molecule has 1 aliphatic carbocycles. The first-order valence-corrected chi connectivity index (χ1v) is 10.7. The fourth-order valence-corrected chi connectivity index (χ4v) is 6.53. The van der Waals surface area contributed by atoms with E-state index in [1.165, 1.54) is 42.5 Å². The van der Waals surface area contributed by atoms with Gasteiger partial charge in [-0.25, -0.2) is 0 Å². The molecule has 0 radical (unpaired) electrons. The lowest BCUT2D eigenvalue weighted by Crippen LogP contribution is -2.58. The highest BCUT2D eigenvalue weighted by molar-refractivity contribution is 7.91. The molecule has 0 saturated heterocycles. The number of nitrogens with two attached hydrogens (primary N) is 1. The van der Waals surface area contributed by atoms with E-state index in [1.54, 1.807) is 0 Å². The third-order valence-electron chi connectivity index (χ3n) is 4.52. The molecule has 11 heteroatoms. The van der Waals surface area contributed by atoms with Crippen molar-refractivity contribution in [2.75, 3.05) is 0 Å². The van der Waals surface area contributed by atoms with E-state index in [1.807, 2.05) is 0 Å². The van der Waals surface area contributed by atoms with E-state index < -0.39 is 53.0 Å². The molecule has 1 aliphatic rings. The van der Waals surface area contributed by atoms with Crippen LogP contribution in [0.3, 0.4) is 0 Å². The topological polar surface area (TPSA) is 172 Å². The standard InChI is InChI=1S/C17H15NO8S2/c18-12-9-11-7-4-8-13(19)14(11)17(28(24,25)26,16(12)27(21,22)23)15(20)10-5-2-1-3-6-10/h1-9,16,19H,18H2,(H,21,22,23)(H,24,25,26). The van der Waals surface area contributed by atoms with Gasteiger partial charge in [-0.3, -0.25) is 13.9 Å². The molecule has 0 spiro atoms. The van der Waals surface area contributed by atoms with Gasteiger partial charge in [-0.1, -0.05) is 42.5 Å². The first-order valence-electron chi connectivity index (χ1n) is 7.75. The van der Waals surface area contributed by atoms with Crippen LogP contribution in [0, 0.1) is 0 Å². The zero-order valence-electron chi connectivity index (χ0n) is 14.1. The summed E-state index contributed by atoms with van der Waals surface area (Å²) >= 11 is 0. The van der Waals surface area contributed by atoms with E-state index in [2.05, 4.69) is 0 Å². The molecule has 0 aliphatic heterocycles. The number of ketones is 1. The summed E-state index contributed by atoms with van der Waals surface area (Å²) in [5.41, 5.74) is 3.97. The van der Waals surface area contributed by atoms with Gasteiger partial charge in [0.05, 0.1) is 0 Å². The lowest BCUT2D eigenvalue weighted by atomic mass is 9.79. The minimum atomic E-state index is -5.61. The molecule has 0 fully saturated rings. The Morgan fingerprint density at radius 3 is 2.11 bits per heavy atom. The molecular formula is C17H15NO8S2. The Hall–Kier alpha value is -2.73. The summed E-state index contributed by atoms with van der Waals surface area (Å²) in [7, 11) is -10.9. The van der Waals surface area contributed by atoms with Crippen molar-refractivity contribution in [2.24, 2.45) is 5.73 Å². The summed E-state index contributed by atoms with van der Waals surface area (Å²) < 4.78 is 66.1. The van der Waals surface area contributed by atoms with Gasteiger partial charge in [0.15, 0.2) is 11.0 Å².